The minimum absolute atomic E-state index is 0.0165. The normalized spacial score (nSPS) is 15.1. The van der Waals surface area contributed by atoms with E-state index in [1.165, 1.54) is 11.1 Å². The maximum atomic E-state index is 6.55. The zero-order valence-electron chi connectivity index (χ0n) is 29.6. The largest absolute Gasteiger partial charge is 0.456 e. The van der Waals surface area contributed by atoms with Crippen molar-refractivity contribution >= 4 is 66.8 Å². The Morgan fingerprint density at radius 3 is 2.18 bits per heavy atom. The molecule has 2 aliphatic carbocycles. The zero-order valence-corrected chi connectivity index (χ0v) is 29.6. The maximum Gasteiger partial charge on any atom is 0.165 e. The standard InChI is InChI=1S/C49H31N3O3/c1-2-12-29-27-30(24-23-28(29)11-1)47-50-48(36-17-10-22-41-44(36)34-14-4-7-19-38(34)54-41)52-49(51-47)46-32(25-26-42-45(46)35-15-5-8-20-39(35)55-42)31-16-9-21-40-43(31)33-13-3-6-18-37(33)53-40/h1-3,5-13,15,17-27,31H,4,14,16H2. The van der Waals surface area contributed by atoms with Crippen molar-refractivity contribution < 1.29 is 13.3 Å². The van der Waals surface area contributed by atoms with E-state index in [2.05, 4.69) is 109 Å². The number of furan rings is 3. The predicted octanol–water partition coefficient (Wildman–Crippen LogP) is 12.9. The van der Waals surface area contributed by atoms with Gasteiger partial charge in [-0.3, -0.25) is 0 Å². The Balaban J connectivity index is 1.19. The lowest BCUT2D eigenvalue weighted by Crippen LogP contribution is -2.08. The van der Waals surface area contributed by atoms with Crippen LogP contribution in [0.2, 0.25) is 0 Å². The average molecular weight is 710 g/mol. The summed E-state index contributed by atoms with van der Waals surface area (Å²) in [6.07, 6.45) is 11.2. The fourth-order valence-electron chi connectivity index (χ4n) is 8.93. The summed E-state index contributed by atoms with van der Waals surface area (Å²) in [4.78, 5) is 16.2. The first-order valence-electron chi connectivity index (χ1n) is 18.8. The molecule has 55 heavy (non-hydrogen) atoms. The Kier molecular flexibility index (Phi) is 6.48. The van der Waals surface area contributed by atoms with Crippen molar-refractivity contribution in [2.45, 2.75) is 25.2 Å². The van der Waals surface area contributed by atoms with Crippen LogP contribution in [0.5, 0.6) is 0 Å². The number of rotatable bonds is 4. The molecule has 0 fully saturated rings. The number of para-hydroxylation sites is 2. The minimum Gasteiger partial charge on any atom is -0.456 e. The molecule has 4 heterocycles. The van der Waals surface area contributed by atoms with Crippen LogP contribution in [0.4, 0.5) is 0 Å². The molecule has 4 aromatic heterocycles. The Labute approximate surface area is 315 Å². The van der Waals surface area contributed by atoms with Gasteiger partial charge in [-0.15, -0.1) is 0 Å². The van der Waals surface area contributed by atoms with Crippen molar-refractivity contribution in [3.05, 3.63) is 162 Å². The third-order valence-corrected chi connectivity index (χ3v) is 11.4. The molecule has 0 radical (unpaired) electrons. The van der Waals surface area contributed by atoms with Gasteiger partial charge in [-0.25, -0.2) is 15.0 Å². The van der Waals surface area contributed by atoms with Crippen molar-refractivity contribution in [1.82, 2.24) is 15.0 Å². The first-order chi connectivity index (χ1) is 27.2. The third-order valence-electron chi connectivity index (χ3n) is 11.4. The van der Waals surface area contributed by atoms with Crippen LogP contribution in [0.15, 0.2) is 147 Å². The summed E-state index contributed by atoms with van der Waals surface area (Å²) in [7, 11) is 0. The zero-order chi connectivity index (χ0) is 36.0. The number of allylic oxidation sites excluding steroid dienone is 2. The van der Waals surface area contributed by atoms with Crippen molar-refractivity contribution in [2.24, 2.45) is 0 Å². The highest BCUT2D eigenvalue weighted by Gasteiger charge is 2.31. The van der Waals surface area contributed by atoms with Crippen LogP contribution in [-0.4, -0.2) is 15.0 Å². The molecule has 6 nitrogen and oxygen atoms in total. The minimum atomic E-state index is -0.0165. The molecule has 6 aromatic carbocycles. The average Bonchev–Trinajstić information content (AvgIpc) is 3.94. The summed E-state index contributed by atoms with van der Waals surface area (Å²) < 4.78 is 19.4. The Morgan fingerprint density at radius 2 is 1.25 bits per heavy atom. The lowest BCUT2D eigenvalue weighted by Gasteiger charge is -2.22. The highest BCUT2D eigenvalue weighted by Crippen LogP contribution is 2.48. The molecule has 1 atom stereocenters. The lowest BCUT2D eigenvalue weighted by atomic mass is 9.80. The maximum absolute atomic E-state index is 6.55. The van der Waals surface area contributed by atoms with Gasteiger partial charge in [-0.2, -0.15) is 0 Å². The summed E-state index contributed by atoms with van der Waals surface area (Å²) >= 11 is 0. The summed E-state index contributed by atoms with van der Waals surface area (Å²) in [5.41, 5.74) is 9.60. The van der Waals surface area contributed by atoms with Crippen LogP contribution in [0.25, 0.3) is 101 Å². The molecule has 10 aromatic rings. The summed E-state index contributed by atoms with van der Waals surface area (Å²) in [6, 6.07) is 41.9. The quantitative estimate of drug-likeness (QED) is 0.181. The molecule has 0 bridgehead atoms. The van der Waals surface area contributed by atoms with Gasteiger partial charge in [0, 0.05) is 55.3 Å². The molecule has 6 heteroatoms. The van der Waals surface area contributed by atoms with E-state index in [0.29, 0.717) is 17.5 Å². The van der Waals surface area contributed by atoms with Crippen molar-refractivity contribution in [3.8, 4) is 34.2 Å². The second kappa shape index (κ2) is 11.7. The number of nitrogens with zero attached hydrogens (tertiary/aromatic N) is 3. The van der Waals surface area contributed by atoms with Gasteiger partial charge >= 0.3 is 0 Å². The van der Waals surface area contributed by atoms with Gasteiger partial charge < -0.3 is 13.3 Å². The van der Waals surface area contributed by atoms with E-state index in [-0.39, 0.29) is 5.92 Å². The third kappa shape index (κ3) is 4.64. The van der Waals surface area contributed by atoms with Crippen LogP contribution in [0.3, 0.4) is 0 Å². The number of benzene rings is 6. The molecule has 2 aliphatic rings. The Morgan fingerprint density at radius 1 is 0.527 bits per heavy atom. The van der Waals surface area contributed by atoms with Crippen LogP contribution in [0, 0.1) is 0 Å². The molecule has 1 unspecified atom stereocenters. The molecular formula is C49H31N3O3. The summed E-state index contributed by atoms with van der Waals surface area (Å²) in [6.45, 7) is 0. The molecule has 0 N–H and O–H groups in total. The number of hydrogen-bond acceptors (Lipinski definition) is 6. The SMILES string of the molecule is C1=Cc2oc3cccc(-c4nc(-c5ccc6ccccc6c5)nc(-c5c(C6CC=Cc7oc8ccccc8c76)ccc6oc7ccccc7c56)n4)c3c2CC1. The van der Waals surface area contributed by atoms with Gasteiger partial charge in [0.1, 0.15) is 33.9 Å². The highest BCUT2D eigenvalue weighted by atomic mass is 16.3. The summed E-state index contributed by atoms with van der Waals surface area (Å²) in [5.74, 6) is 3.58. The van der Waals surface area contributed by atoms with Gasteiger partial charge in [0.05, 0.1) is 0 Å². The number of aryl methyl sites for hydroxylation is 1. The van der Waals surface area contributed by atoms with E-state index >= 15 is 0 Å². The predicted molar refractivity (Wildman–Crippen MR) is 220 cm³/mol. The van der Waals surface area contributed by atoms with Crippen molar-refractivity contribution in [2.75, 3.05) is 0 Å². The van der Waals surface area contributed by atoms with Crippen molar-refractivity contribution in [1.29, 1.82) is 0 Å². The Bertz CT molecular complexity index is 3270. The fourth-order valence-corrected chi connectivity index (χ4v) is 8.93. The lowest BCUT2D eigenvalue weighted by molar-refractivity contribution is 0.590. The van der Waals surface area contributed by atoms with Crippen LogP contribution < -0.4 is 0 Å². The van der Waals surface area contributed by atoms with Gasteiger partial charge in [-0.1, -0.05) is 103 Å². The van der Waals surface area contributed by atoms with Gasteiger partial charge in [0.2, 0.25) is 0 Å². The van der Waals surface area contributed by atoms with Crippen LogP contribution in [-0.2, 0) is 6.42 Å². The van der Waals surface area contributed by atoms with Gasteiger partial charge in [0.25, 0.3) is 0 Å². The highest BCUT2D eigenvalue weighted by molar-refractivity contribution is 6.13. The molecular weight excluding hydrogens is 679 g/mol. The smallest absolute Gasteiger partial charge is 0.165 e. The first kappa shape index (κ1) is 30.4. The van der Waals surface area contributed by atoms with E-state index < -0.39 is 0 Å². The van der Waals surface area contributed by atoms with E-state index in [4.69, 9.17) is 28.2 Å². The molecule has 0 spiro atoms. The van der Waals surface area contributed by atoms with Crippen molar-refractivity contribution in [3.63, 3.8) is 0 Å². The second-order valence-electron chi connectivity index (χ2n) is 14.5. The number of fused-ring (bicyclic) bond motifs is 10. The van der Waals surface area contributed by atoms with E-state index in [1.54, 1.807) is 0 Å². The van der Waals surface area contributed by atoms with E-state index in [9.17, 15) is 0 Å². The number of aromatic nitrogens is 3. The molecule has 0 aliphatic heterocycles. The number of hydrogen-bond donors (Lipinski definition) is 0. The Hall–Kier alpha value is -7.05. The van der Waals surface area contributed by atoms with Crippen LogP contribution in [0.1, 0.15) is 47.0 Å². The fraction of sp³-hybridized carbons (Fsp3) is 0.0816. The topological polar surface area (TPSA) is 78.1 Å². The first-order valence-corrected chi connectivity index (χ1v) is 18.8. The molecule has 0 saturated heterocycles. The van der Waals surface area contributed by atoms with Crippen LogP contribution >= 0.6 is 0 Å². The van der Waals surface area contributed by atoms with E-state index in [1.807, 2.05) is 36.4 Å². The monoisotopic (exact) mass is 709 g/mol. The molecule has 0 saturated carbocycles. The van der Waals surface area contributed by atoms with Gasteiger partial charge in [0.15, 0.2) is 17.5 Å². The van der Waals surface area contributed by atoms with Gasteiger partial charge in [-0.05, 0) is 78.1 Å². The summed E-state index contributed by atoms with van der Waals surface area (Å²) in [5, 5.41) is 6.47. The van der Waals surface area contributed by atoms with E-state index in [0.717, 1.165) is 108 Å². The molecule has 0 amide bonds. The molecule has 260 valence electrons. The molecule has 12 rings (SSSR count). The second-order valence-corrected chi connectivity index (χ2v) is 14.5.